The molecule has 1 heterocycles. The summed E-state index contributed by atoms with van der Waals surface area (Å²) in [5.74, 6) is -0.201. The molecular formula is C16H18N2O3. The number of aromatic amines is 1. The minimum atomic E-state index is -0.545. The Morgan fingerprint density at radius 1 is 1.33 bits per heavy atom. The summed E-state index contributed by atoms with van der Waals surface area (Å²) in [7, 11) is 0. The van der Waals surface area contributed by atoms with E-state index in [9.17, 15) is 14.7 Å². The second-order valence-electron chi connectivity index (χ2n) is 5.39. The molecule has 0 radical (unpaired) electrons. The fourth-order valence-corrected chi connectivity index (χ4v) is 3.18. The van der Waals surface area contributed by atoms with Crippen LogP contribution >= 0.6 is 0 Å². The van der Waals surface area contributed by atoms with Gasteiger partial charge in [0.15, 0.2) is 0 Å². The number of nitrogens with zero attached hydrogens (tertiary/aromatic N) is 1. The quantitative estimate of drug-likeness (QED) is 0.883. The van der Waals surface area contributed by atoms with E-state index >= 15 is 0 Å². The molecule has 0 amide bonds. The van der Waals surface area contributed by atoms with Gasteiger partial charge >= 0.3 is 5.69 Å². The van der Waals surface area contributed by atoms with Crippen molar-refractivity contribution in [1.29, 1.82) is 0 Å². The molecular weight excluding hydrogens is 268 g/mol. The molecule has 0 fully saturated rings. The van der Waals surface area contributed by atoms with Crippen molar-refractivity contribution in [2.75, 3.05) is 0 Å². The predicted molar refractivity (Wildman–Crippen MR) is 79.9 cm³/mol. The van der Waals surface area contributed by atoms with Gasteiger partial charge in [-0.3, -0.25) is 14.3 Å². The third-order valence-corrected chi connectivity index (χ3v) is 4.21. The van der Waals surface area contributed by atoms with Crippen LogP contribution in [0.3, 0.4) is 0 Å². The Kier molecular flexibility index (Phi) is 3.41. The zero-order chi connectivity index (χ0) is 15.0. The third-order valence-electron chi connectivity index (χ3n) is 4.21. The SMILES string of the molecule is CCc1c(O)n(C2CCCc3ccccc32)c(=O)[nH]c1=O. The Balaban J connectivity index is 2.23. The van der Waals surface area contributed by atoms with Gasteiger partial charge in [0.05, 0.1) is 11.6 Å². The van der Waals surface area contributed by atoms with Crippen molar-refractivity contribution < 1.29 is 5.11 Å². The van der Waals surface area contributed by atoms with E-state index in [-0.39, 0.29) is 17.5 Å². The highest BCUT2D eigenvalue weighted by Crippen LogP contribution is 2.34. The lowest BCUT2D eigenvalue weighted by atomic mass is 9.87. The molecule has 1 unspecified atom stereocenters. The van der Waals surface area contributed by atoms with Crippen molar-refractivity contribution in [3.05, 3.63) is 61.8 Å². The molecule has 0 aliphatic heterocycles. The number of hydrogen-bond acceptors (Lipinski definition) is 3. The van der Waals surface area contributed by atoms with Crippen molar-refractivity contribution in [1.82, 2.24) is 9.55 Å². The van der Waals surface area contributed by atoms with Crippen LogP contribution in [0, 0.1) is 0 Å². The molecule has 1 aliphatic carbocycles. The van der Waals surface area contributed by atoms with Gasteiger partial charge in [-0.1, -0.05) is 31.2 Å². The molecule has 110 valence electrons. The second kappa shape index (κ2) is 5.24. The molecule has 21 heavy (non-hydrogen) atoms. The van der Waals surface area contributed by atoms with E-state index in [4.69, 9.17) is 0 Å². The van der Waals surface area contributed by atoms with E-state index in [2.05, 4.69) is 11.1 Å². The van der Waals surface area contributed by atoms with Gasteiger partial charge in [0.2, 0.25) is 5.88 Å². The summed E-state index contributed by atoms with van der Waals surface area (Å²) in [5, 5.41) is 10.4. The molecule has 1 aromatic heterocycles. The molecule has 2 N–H and O–H groups in total. The van der Waals surface area contributed by atoms with E-state index in [0.29, 0.717) is 6.42 Å². The second-order valence-corrected chi connectivity index (χ2v) is 5.39. The fourth-order valence-electron chi connectivity index (χ4n) is 3.18. The first-order valence-corrected chi connectivity index (χ1v) is 7.28. The molecule has 2 aromatic rings. The number of aromatic hydroxyl groups is 1. The molecule has 0 saturated carbocycles. The largest absolute Gasteiger partial charge is 0.494 e. The van der Waals surface area contributed by atoms with E-state index in [1.165, 1.54) is 10.1 Å². The van der Waals surface area contributed by atoms with E-state index in [1.807, 2.05) is 18.2 Å². The minimum Gasteiger partial charge on any atom is -0.494 e. The standard InChI is InChI=1S/C16H18N2O3/c1-2-11-14(19)17-16(21)18(15(11)20)13-9-5-7-10-6-3-4-8-12(10)13/h3-4,6,8,13,20H,2,5,7,9H2,1H3,(H,17,19,21). The van der Waals surface area contributed by atoms with Crippen LogP contribution < -0.4 is 11.2 Å². The zero-order valence-corrected chi connectivity index (χ0v) is 11.9. The lowest BCUT2D eigenvalue weighted by Gasteiger charge is -2.28. The highest BCUT2D eigenvalue weighted by molar-refractivity contribution is 5.35. The van der Waals surface area contributed by atoms with Crippen LogP contribution in [-0.2, 0) is 12.8 Å². The third kappa shape index (κ3) is 2.18. The van der Waals surface area contributed by atoms with Crippen LogP contribution in [-0.4, -0.2) is 14.7 Å². The first-order chi connectivity index (χ1) is 10.1. The summed E-state index contributed by atoms with van der Waals surface area (Å²) < 4.78 is 1.33. The van der Waals surface area contributed by atoms with Crippen molar-refractivity contribution in [3.8, 4) is 5.88 Å². The molecule has 5 heteroatoms. The Morgan fingerprint density at radius 2 is 2.10 bits per heavy atom. The van der Waals surface area contributed by atoms with E-state index in [0.717, 1.165) is 24.8 Å². The number of aromatic nitrogens is 2. The van der Waals surface area contributed by atoms with Gasteiger partial charge in [-0.15, -0.1) is 0 Å². The Morgan fingerprint density at radius 3 is 2.86 bits per heavy atom. The number of benzene rings is 1. The van der Waals surface area contributed by atoms with Crippen LogP contribution in [0.15, 0.2) is 33.9 Å². The highest BCUT2D eigenvalue weighted by Gasteiger charge is 2.26. The van der Waals surface area contributed by atoms with Gasteiger partial charge in [0.1, 0.15) is 0 Å². The van der Waals surface area contributed by atoms with Gasteiger partial charge in [-0.2, -0.15) is 0 Å². The summed E-state index contributed by atoms with van der Waals surface area (Å²) in [4.78, 5) is 26.2. The maximum Gasteiger partial charge on any atom is 0.331 e. The maximum atomic E-state index is 12.2. The van der Waals surface area contributed by atoms with E-state index < -0.39 is 11.2 Å². The Bertz CT molecular complexity index is 789. The number of fused-ring (bicyclic) bond motifs is 1. The predicted octanol–water partition coefficient (Wildman–Crippen LogP) is 1.73. The zero-order valence-electron chi connectivity index (χ0n) is 11.9. The molecule has 0 saturated heterocycles. The average Bonchev–Trinajstić information content (AvgIpc) is 2.47. The van der Waals surface area contributed by atoms with Crippen molar-refractivity contribution in [2.24, 2.45) is 0 Å². The summed E-state index contributed by atoms with van der Waals surface area (Å²) in [5.41, 5.74) is 1.47. The van der Waals surface area contributed by atoms with Crippen molar-refractivity contribution in [3.63, 3.8) is 0 Å². The normalized spacial score (nSPS) is 17.5. The van der Waals surface area contributed by atoms with Crippen molar-refractivity contribution in [2.45, 2.75) is 38.6 Å². The molecule has 1 atom stereocenters. The maximum absolute atomic E-state index is 12.2. The summed E-state index contributed by atoms with van der Waals surface area (Å²) >= 11 is 0. The lowest BCUT2D eigenvalue weighted by Crippen LogP contribution is -2.35. The minimum absolute atomic E-state index is 0.201. The fraction of sp³-hybridized carbons (Fsp3) is 0.375. The van der Waals surface area contributed by atoms with Gasteiger partial charge in [0, 0.05) is 0 Å². The van der Waals surface area contributed by atoms with Crippen LogP contribution in [0.4, 0.5) is 0 Å². The molecule has 1 aromatic carbocycles. The summed E-state index contributed by atoms with van der Waals surface area (Å²) in [6.07, 6.45) is 3.09. The van der Waals surface area contributed by atoms with Crippen molar-refractivity contribution >= 4 is 0 Å². The Labute approximate surface area is 121 Å². The lowest BCUT2D eigenvalue weighted by molar-refractivity contribution is 0.357. The number of hydrogen-bond donors (Lipinski definition) is 2. The molecule has 3 rings (SSSR count). The molecule has 0 spiro atoms. The highest BCUT2D eigenvalue weighted by atomic mass is 16.3. The molecule has 0 bridgehead atoms. The van der Waals surface area contributed by atoms with Crippen LogP contribution in [0.2, 0.25) is 0 Å². The molecule has 1 aliphatic rings. The summed E-state index contributed by atoms with van der Waals surface area (Å²) in [6, 6.07) is 7.74. The number of aryl methyl sites for hydroxylation is 1. The first kappa shape index (κ1) is 13.7. The van der Waals surface area contributed by atoms with E-state index in [1.54, 1.807) is 6.92 Å². The van der Waals surface area contributed by atoms with Gasteiger partial charge in [-0.25, -0.2) is 4.79 Å². The number of H-pyrrole nitrogens is 1. The Hall–Kier alpha value is -2.30. The van der Waals surface area contributed by atoms with Crippen LogP contribution in [0.5, 0.6) is 5.88 Å². The monoisotopic (exact) mass is 286 g/mol. The first-order valence-electron chi connectivity index (χ1n) is 7.28. The van der Waals surface area contributed by atoms with Crippen LogP contribution in [0.1, 0.15) is 42.5 Å². The molecule has 5 nitrogen and oxygen atoms in total. The summed E-state index contributed by atoms with van der Waals surface area (Å²) in [6.45, 7) is 1.79. The van der Waals surface area contributed by atoms with Gasteiger partial charge < -0.3 is 5.11 Å². The topological polar surface area (TPSA) is 75.1 Å². The van der Waals surface area contributed by atoms with Crippen LogP contribution in [0.25, 0.3) is 0 Å². The number of rotatable bonds is 2. The van der Waals surface area contributed by atoms with Gasteiger partial charge in [-0.05, 0) is 36.8 Å². The average molecular weight is 286 g/mol. The number of nitrogens with one attached hydrogen (secondary N) is 1. The van der Waals surface area contributed by atoms with Gasteiger partial charge in [0.25, 0.3) is 5.56 Å². The smallest absolute Gasteiger partial charge is 0.331 e.